The Bertz CT molecular complexity index is 733. The summed E-state index contributed by atoms with van der Waals surface area (Å²) in [5.41, 5.74) is 8.21. The number of amides is 1. The molecular formula is C16H15N3O2. The van der Waals surface area contributed by atoms with Gasteiger partial charge in [0.15, 0.2) is 0 Å². The molecule has 0 aliphatic heterocycles. The minimum absolute atomic E-state index is 0.333. The molecule has 1 amide bonds. The van der Waals surface area contributed by atoms with Crippen molar-refractivity contribution in [2.45, 2.75) is 6.92 Å². The fourth-order valence-electron chi connectivity index (χ4n) is 2.00. The Hall–Kier alpha value is -3.00. The van der Waals surface area contributed by atoms with E-state index in [2.05, 4.69) is 5.32 Å². The predicted octanol–water partition coefficient (Wildman–Crippen LogP) is 2.71. The first-order valence-corrected chi connectivity index (χ1v) is 6.32. The molecule has 0 aromatic heterocycles. The summed E-state index contributed by atoms with van der Waals surface area (Å²) in [7, 11) is 1.48. The van der Waals surface area contributed by atoms with Gasteiger partial charge in [0, 0.05) is 11.3 Å². The number of rotatable bonds is 3. The maximum atomic E-state index is 12.4. The summed E-state index contributed by atoms with van der Waals surface area (Å²) >= 11 is 0. The van der Waals surface area contributed by atoms with Gasteiger partial charge in [-0.15, -0.1) is 0 Å². The van der Waals surface area contributed by atoms with E-state index in [9.17, 15) is 4.79 Å². The first-order valence-electron chi connectivity index (χ1n) is 6.32. The fourth-order valence-corrected chi connectivity index (χ4v) is 2.00. The van der Waals surface area contributed by atoms with Gasteiger partial charge in [0.05, 0.1) is 12.7 Å². The molecule has 5 heteroatoms. The summed E-state index contributed by atoms with van der Waals surface area (Å²) in [6, 6.07) is 12.2. The molecule has 2 aromatic rings. The summed E-state index contributed by atoms with van der Waals surface area (Å²) in [6.45, 7) is 1.78. The Kier molecular flexibility index (Phi) is 4.10. The first-order chi connectivity index (χ1) is 10.1. The molecule has 0 saturated carbocycles. The highest BCUT2D eigenvalue weighted by molar-refractivity contribution is 6.07. The number of hydrogen-bond acceptors (Lipinski definition) is 4. The zero-order chi connectivity index (χ0) is 15.4. The second kappa shape index (κ2) is 5.97. The third-order valence-corrected chi connectivity index (χ3v) is 3.23. The van der Waals surface area contributed by atoms with Gasteiger partial charge in [0.2, 0.25) is 0 Å². The van der Waals surface area contributed by atoms with Crippen molar-refractivity contribution < 1.29 is 9.53 Å². The number of hydrogen-bond donors (Lipinski definition) is 2. The Morgan fingerprint density at radius 3 is 2.67 bits per heavy atom. The summed E-state index contributed by atoms with van der Waals surface area (Å²) in [5, 5.41) is 11.9. The van der Waals surface area contributed by atoms with E-state index in [1.807, 2.05) is 6.07 Å². The van der Waals surface area contributed by atoms with E-state index < -0.39 is 0 Å². The number of carbonyl (C=O) groups excluding carboxylic acids is 1. The molecule has 0 bridgehead atoms. The zero-order valence-electron chi connectivity index (χ0n) is 11.8. The lowest BCUT2D eigenvalue weighted by Gasteiger charge is -2.13. The molecule has 3 N–H and O–H groups in total. The largest absolute Gasteiger partial charge is 0.495 e. The van der Waals surface area contributed by atoms with Crippen molar-refractivity contribution in [2.75, 3.05) is 18.2 Å². The molecule has 0 fully saturated rings. The number of nitrogens with one attached hydrogen (secondary N) is 1. The Morgan fingerprint density at radius 1 is 1.29 bits per heavy atom. The SMILES string of the molecule is COc1cccc(C#N)c1NC(=O)c1cccc(N)c1C. The van der Waals surface area contributed by atoms with Crippen LogP contribution in [0.4, 0.5) is 11.4 Å². The van der Waals surface area contributed by atoms with Gasteiger partial charge in [-0.05, 0) is 36.8 Å². The predicted molar refractivity (Wildman–Crippen MR) is 81.3 cm³/mol. The van der Waals surface area contributed by atoms with Gasteiger partial charge in [-0.2, -0.15) is 5.26 Å². The van der Waals surface area contributed by atoms with Gasteiger partial charge in [0.25, 0.3) is 5.91 Å². The number of para-hydroxylation sites is 1. The Balaban J connectivity index is 2.41. The molecule has 0 atom stereocenters. The van der Waals surface area contributed by atoms with Gasteiger partial charge in [0.1, 0.15) is 17.5 Å². The van der Waals surface area contributed by atoms with Crippen molar-refractivity contribution in [3.8, 4) is 11.8 Å². The van der Waals surface area contributed by atoms with Crippen LogP contribution in [0.2, 0.25) is 0 Å². The van der Waals surface area contributed by atoms with Crippen molar-refractivity contribution >= 4 is 17.3 Å². The standard InChI is InChI=1S/C16H15N3O2/c1-10-12(6-4-7-13(10)18)16(20)19-15-11(9-17)5-3-8-14(15)21-2/h3-8H,18H2,1-2H3,(H,19,20). The monoisotopic (exact) mass is 281 g/mol. The number of nitrogen functional groups attached to an aromatic ring is 1. The Morgan fingerprint density at radius 2 is 2.00 bits per heavy atom. The van der Waals surface area contributed by atoms with Crippen molar-refractivity contribution in [2.24, 2.45) is 0 Å². The lowest BCUT2D eigenvalue weighted by molar-refractivity contribution is 0.102. The highest BCUT2D eigenvalue weighted by Gasteiger charge is 2.15. The average molecular weight is 281 g/mol. The van der Waals surface area contributed by atoms with Crippen molar-refractivity contribution in [1.82, 2.24) is 0 Å². The number of anilines is 2. The van der Waals surface area contributed by atoms with Crippen LogP contribution < -0.4 is 15.8 Å². The highest BCUT2D eigenvalue weighted by Crippen LogP contribution is 2.28. The molecule has 5 nitrogen and oxygen atoms in total. The maximum absolute atomic E-state index is 12.4. The molecule has 2 rings (SSSR count). The van der Waals surface area contributed by atoms with E-state index in [1.54, 1.807) is 43.3 Å². The lowest BCUT2D eigenvalue weighted by atomic mass is 10.1. The van der Waals surface area contributed by atoms with Gasteiger partial charge in [-0.1, -0.05) is 12.1 Å². The molecule has 0 heterocycles. The van der Waals surface area contributed by atoms with Crippen molar-refractivity contribution in [3.63, 3.8) is 0 Å². The van der Waals surface area contributed by atoms with Gasteiger partial charge >= 0.3 is 0 Å². The van der Waals surface area contributed by atoms with Crippen LogP contribution in [0.3, 0.4) is 0 Å². The van der Waals surface area contributed by atoms with Crippen LogP contribution in [-0.4, -0.2) is 13.0 Å². The minimum atomic E-state index is -0.333. The molecule has 106 valence electrons. The molecule has 0 saturated heterocycles. The number of ether oxygens (including phenoxy) is 1. The third kappa shape index (κ3) is 2.79. The minimum Gasteiger partial charge on any atom is -0.495 e. The summed E-state index contributed by atoms with van der Waals surface area (Å²) in [5.74, 6) is 0.102. The van der Waals surface area contributed by atoms with Crippen LogP contribution in [0.15, 0.2) is 36.4 Å². The number of benzene rings is 2. The number of nitrogens with zero attached hydrogens (tertiary/aromatic N) is 1. The quantitative estimate of drug-likeness (QED) is 0.847. The van der Waals surface area contributed by atoms with Gasteiger partial charge in [-0.3, -0.25) is 4.79 Å². The normalized spacial score (nSPS) is 9.76. The summed E-state index contributed by atoms with van der Waals surface area (Å²) in [4.78, 5) is 12.4. The topological polar surface area (TPSA) is 88.1 Å². The first kappa shape index (κ1) is 14.4. The van der Waals surface area contributed by atoms with Gasteiger partial charge < -0.3 is 15.8 Å². The zero-order valence-corrected chi connectivity index (χ0v) is 11.8. The van der Waals surface area contributed by atoms with Crippen LogP contribution in [0.25, 0.3) is 0 Å². The van der Waals surface area contributed by atoms with E-state index in [4.69, 9.17) is 15.7 Å². The fraction of sp³-hybridized carbons (Fsp3) is 0.125. The van der Waals surface area contributed by atoms with E-state index in [0.717, 1.165) is 0 Å². The molecule has 0 aliphatic carbocycles. The Labute approximate surface area is 123 Å². The second-order valence-corrected chi connectivity index (χ2v) is 4.47. The van der Waals surface area contributed by atoms with E-state index in [0.29, 0.717) is 33.8 Å². The molecule has 0 unspecified atom stereocenters. The van der Waals surface area contributed by atoms with Crippen LogP contribution in [0.1, 0.15) is 21.5 Å². The summed E-state index contributed by atoms with van der Waals surface area (Å²) in [6.07, 6.45) is 0. The van der Waals surface area contributed by atoms with Crippen LogP contribution in [0, 0.1) is 18.3 Å². The second-order valence-electron chi connectivity index (χ2n) is 4.47. The van der Waals surface area contributed by atoms with Crippen molar-refractivity contribution in [3.05, 3.63) is 53.1 Å². The number of carbonyl (C=O) groups is 1. The van der Waals surface area contributed by atoms with E-state index in [1.165, 1.54) is 7.11 Å². The maximum Gasteiger partial charge on any atom is 0.256 e. The van der Waals surface area contributed by atoms with Crippen LogP contribution in [-0.2, 0) is 0 Å². The molecule has 21 heavy (non-hydrogen) atoms. The number of nitrogens with two attached hydrogens (primary N) is 1. The lowest BCUT2D eigenvalue weighted by Crippen LogP contribution is -2.15. The number of methoxy groups -OCH3 is 1. The van der Waals surface area contributed by atoms with E-state index >= 15 is 0 Å². The highest BCUT2D eigenvalue weighted by atomic mass is 16.5. The smallest absolute Gasteiger partial charge is 0.256 e. The number of nitriles is 1. The molecule has 2 aromatic carbocycles. The van der Waals surface area contributed by atoms with Crippen molar-refractivity contribution in [1.29, 1.82) is 5.26 Å². The molecule has 0 spiro atoms. The molecule has 0 radical (unpaired) electrons. The summed E-state index contributed by atoms with van der Waals surface area (Å²) < 4.78 is 5.19. The van der Waals surface area contributed by atoms with Crippen LogP contribution in [0.5, 0.6) is 5.75 Å². The van der Waals surface area contributed by atoms with E-state index in [-0.39, 0.29) is 5.91 Å². The molecular weight excluding hydrogens is 266 g/mol. The van der Waals surface area contributed by atoms with Gasteiger partial charge in [-0.25, -0.2) is 0 Å². The van der Waals surface area contributed by atoms with Crippen LogP contribution >= 0.6 is 0 Å². The third-order valence-electron chi connectivity index (χ3n) is 3.23. The molecule has 0 aliphatic rings. The average Bonchev–Trinajstić information content (AvgIpc) is 2.50.